The number of nitrogens with zero attached hydrogens (tertiary/aromatic N) is 1. The van der Waals surface area contributed by atoms with E-state index in [-0.39, 0.29) is 17.2 Å². The lowest BCUT2D eigenvalue weighted by Crippen LogP contribution is -2.39. The van der Waals surface area contributed by atoms with Gasteiger partial charge in [0.1, 0.15) is 17.3 Å². The molecule has 11 heteroatoms. The number of fused-ring (bicyclic) bond motifs is 1. The summed E-state index contributed by atoms with van der Waals surface area (Å²) in [7, 11) is -5.31. The van der Waals surface area contributed by atoms with Gasteiger partial charge >= 0.3 is 5.76 Å². The first-order valence-electron chi connectivity index (χ1n) is 7.96. The number of alkyl halides is 4. The fraction of sp³-hybridized carbons (Fsp3) is 0.278. The van der Waals surface area contributed by atoms with Gasteiger partial charge in [-0.05, 0) is 31.2 Å². The Kier molecular flexibility index (Phi) is 4.83. The van der Waals surface area contributed by atoms with Gasteiger partial charge in [-0.1, -0.05) is 0 Å². The van der Waals surface area contributed by atoms with Crippen LogP contribution in [0.2, 0.25) is 0 Å². The van der Waals surface area contributed by atoms with Crippen LogP contribution in [0.25, 0.3) is 4.85 Å². The van der Waals surface area contributed by atoms with Crippen molar-refractivity contribution in [3.05, 3.63) is 58.7 Å². The van der Waals surface area contributed by atoms with E-state index in [1.54, 1.807) is 0 Å². The Balaban J connectivity index is 2.23. The van der Waals surface area contributed by atoms with Crippen molar-refractivity contribution in [2.75, 3.05) is 0 Å². The lowest BCUT2D eigenvalue weighted by Gasteiger charge is -2.27. The summed E-state index contributed by atoms with van der Waals surface area (Å²) in [5.41, 5.74) is -4.62. The number of ether oxygens (including phenoxy) is 1. The van der Waals surface area contributed by atoms with Crippen LogP contribution in [0.3, 0.4) is 0 Å². The van der Waals surface area contributed by atoms with Crippen LogP contribution in [-0.4, -0.2) is 25.2 Å². The van der Waals surface area contributed by atoms with Crippen LogP contribution in [0.1, 0.15) is 18.1 Å². The van der Waals surface area contributed by atoms with E-state index in [1.165, 1.54) is 0 Å². The number of hydrogen-bond donors (Lipinski definition) is 1. The van der Waals surface area contributed by atoms with Gasteiger partial charge in [-0.3, -0.25) is 0 Å². The largest absolute Gasteiger partial charge is 0.458 e. The highest BCUT2D eigenvalue weighted by molar-refractivity contribution is 7.91. The highest BCUT2D eigenvalue weighted by atomic mass is 32.2. The normalized spacial score (nSPS) is 20.4. The number of hydrogen-bond acceptors (Lipinski definition) is 4. The molecule has 0 aliphatic heterocycles. The van der Waals surface area contributed by atoms with Gasteiger partial charge in [0.05, 0.1) is 11.5 Å². The summed E-state index contributed by atoms with van der Waals surface area (Å²) in [4.78, 5) is 1.88. The van der Waals surface area contributed by atoms with Gasteiger partial charge in [-0.2, -0.15) is 8.78 Å². The van der Waals surface area contributed by atoms with Gasteiger partial charge in [0.2, 0.25) is 9.84 Å². The maximum absolute atomic E-state index is 14.4. The van der Waals surface area contributed by atoms with Gasteiger partial charge < -0.3 is 9.84 Å². The van der Waals surface area contributed by atoms with Crippen LogP contribution in [0, 0.1) is 12.4 Å². The zero-order valence-electron chi connectivity index (χ0n) is 14.6. The van der Waals surface area contributed by atoms with Gasteiger partial charge in [0, 0.05) is 23.6 Å². The van der Waals surface area contributed by atoms with Gasteiger partial charge in [0.15, 0.2) is 11.3 Å². The second-order valence-corrected chi connectivity index (χ2v) is 8.42. The fourth-order valence-electron chi connectivity index (χ4n) is 3.12. The van der Waals surface area contributed by atoms with Crippen LogP contribution in [0.4, 0.5) is 27.6 Å². The summed E-state index contributed by atoms with van der Waals surface area (Å²) in [6.07, 6.45) is -1.19. The maximum Gasteiger partial charge on any atom is 0.341 e. The number of rotatable bonds is 4. The van der Waals surface area contributed by atoms with E-state index in [4.69, 9.17) is 11.3 Å². The molecule has 0 aromatic heterocycles. The predicted molar refractivity (Wildman–Crippen MR) is 90.6 cm³/mol. The summed E-state index contributed by atoms with van der Waals surface area (Å²) >= 11 is 0. The molecule has 2 aromatic rings. The number of sulfone groups is 1. The predicted octanol–water partition coefficient (Wildman–Crippen LogP) is 4.56. The first-order chi connectivity index (χ1) is 13.3. The van der Waals surface area contributed by atoms with Gasteiger partial charge in [-0.15, -0.1) is 0 Å². The highest BCUT2D eigenvalue weighted by Crippen LogP contribution is 2.53. The van der Waals surface area contributed by atoms with Crippen molar-refractivity contribution in [1.82, 2.24) is 0 Å². The first kappa shape index (κ1) is 21.0. The molecule has 0 heterocycles. The Bertz CT molecular complexity index is 1140. The third kappa shape index (κ3) is 3.32. The zero-order chi connectivity index (χ0) is 21.8. The second kappa shape index (κ2) is 6.67. The maximum atomic E-state index is 14.4. The summed E-state index contributed by atoms with van der Waals surface area (Å²) < 4.78 is 97.7. The van der Waals surface area contributed by atoms with Crippen LogP contribution in [-0.2, 0) is 21.9 Å². The molecule has 154 valence electrons. The standard InChI is InChI=1S/C18H12F5NO4S/c1-17(25)15-12(8-18(17,22)23)13(3-4-14(15)29(26,27)16(20)21)28-11-6-9(19)5-10(7-11)24-2/h3-7,16,25H,8H2,1H3. The average molecular weight is 433 g/mol. The second-order valence-electron chi connectivity index (χ2n) is 6.53. The molecule has 5 nitrogen and oxygen atoms in total. The molecule has 0 fully saturated rings. The van der Waals surface area contributed by atoms with E-state index in [0.717, 1.165) is 24.3 Å². The molecule has 2 aromatic carbocycles. The molecule has 0 amide bonds. The molecule has 3 rings (SSSR count). The fourth-order valence-corrected chi connectivity index (χ4v) is 4.18. The van der Waals surface area contributed by atoms with Gasteiger partial charge in [0.25, 0.3) is 5.92 Å². The topological polar surface area (TPSA) is 68.0 Å². The number of halogens is 5. The summed E-state index contributed by atoms with van der Waals surface area (Å²) in [5.74, 6) is -9.26. The smallest absolute Gasteiger partial charge is 0.341 e. The Hall–Kier alpha value is -2.71. The van der Waals surface area contributed by atoms with Crippen LogP contribution < -0.4 is 4.74 Å². The molecule has 0 saturated carbocycles. The minimum absolute atomic E-state index is 0.147. The van der Waals surface area contributed by atoms with Crippen molar-refractivity contribution < 1.29 is 40.2 Å². The van der Waals surface area contributed by atoms with E-state index in [0.29, 0.717) is 13.0 Å². The molecular weight excluding hydrogens is 421 g/mol. The molecule has 1 aliphatic carbocycles. The van der Waals surface area contributed by atoms with E-state index in [1.807, 2.05) is 0 Å². The third-order valence-electron chi connectivity index (χ3n) is 4.58. The zero-order valence-corrected chi connectivity index (χ0v) is 15.4. The minimum Gasteiger partial charge on any atom is -0.458 e. The number of benzene rings is 2. The van der Waals surface area contributed by atoms with Crippen LogP contribution in [0.5, 0.6) is 11.5 Å². The van der Waals surface area contributed by atoms with Crippen LogP contribution >= 0.6 is 0 Å². The molecule has 0 saturated heterocycles. The van der Waals surface area contributed by atoms with Crippen molar-refractivity contribution in [3.63, 3.8) is 0 Å². The van der Waals surface area contributed by atoms with E-state index in [9.17, 15) is 35.5 Å². The summed E-state index contributed by atoms with van der Waals surface area (Å²) in [6, 6.07) is 4.36. The molecule has 0 bridgehead atoms. The molecule has 1 aliphatic rings. The number of aliphatic hydroxyl groups is 1. The van der Waals surface area contributed by atoms with Crippen molar-refractivity contribution in [2.45, 2.75) is 35.5 Å². The Morgan fingerprint density at radius 1 is 1.24 bits per heavy atom. The Labute approximate surface area is 162 Å². The van der Waals surface area contributed by atoms with Crippen molar-refractivity contribution in [2.24, 2.45) is 0 Å². The van der Waals surface area contributed by atoms with Crippen molar-refractivity contribution in [1.29, 1.82) is 0 Å². The van der Waals surface area contributed by atoms with E-state index in [2.05, 4.69) is 4.85 Å². The van der Waals surface area contributed by atoms with Crippen molar-refractivity contribution >= 4 is 15.5 Å². The Morgan fingerprint density at radius 3 is 2.48 bits per heavy atom. The molecule has 29 heavy (non-hydrogen) atoms. The van der Waals surface area contributed by atoms with E-state index < -0.39 is 55.4 Å². The average Bonchev–Trinajstić information content (AvgIpc) is 2.80. The SMILES string of the molecule is [C-]#[N+]c1cc(F)cc(Oc2ccc(S(=O)(=O)C(F)F)c3c2CC(F)(F)C3(C)O)c1. The van der Waals surface area contributed by atoms with Crippen LogP contribution in [0.15, 0.2) is 35.2 Å². The molecule has 0 radical (unpaired) electrons. The van der Waals surface area contributed by atoms with Gasteiger partial charge in [-0.25, -0.2) is 26.4 Å². The lowest BCUT2D eigenvalue weighted by atomic mass is 9.96. The Morgan fingerprint density at radius 2 is 1.90 bits per heavy atom. The molecule has 1 atom stereocenters. The first-order valence-corrected chi connectivity index (χ1v) is 9.50. The lowest BCUT2D eigenvalue weighted by molar-refractivity contribution is -0.165. The molecule has 1 unspecified atom stereocenters. The summed E-state index contributed by atoms with van der Waals surface area (Å²) in [5, 5.41) is 10.3. The monoisotopic (exact) mass is 433 g/mol. The minimum atomic E-state index is -5.31. The molecule has 0 spiro atoms. The van der Waals surface area contributed by atoms with E-state index >= 15 is 0 Å². The quantitative estimate of drug-likeness (QED) is 0.567. The summed E-state index contributed by atoms with van der Waals surface area (Å²) in [6.45, 7) is 7.53. The highest BCUT2D eigenvalue weighted by Gasteiger charge is 2.59. The van der Waals surface area contributed by atoms with Crippen molar-refractivity contribution in [3.8, 4) is 11.5 Å². The molecule has 1 N–H and O–H groups in total. The third-order valence-corrected chi connectivity index (χ3v) is 6.01. The molecular formula is C18H12F5NO4S.